The lowest BCUT2D eigenvalue weighted by Crippen LogP contribution is -2.06. The third-order valence-electron chi connectivity index (χ3n) is 3.21. The van der Waals surface area contributed by atoms with Gasteiger partial charge in [0, 0.05) is 5.02 Å². The molecule has 0 saturated heterocycles. The molecule has 0 atom stereocenters. The highest BCUT2D eigenvalue weighted by Crippen LogP contribution is 2.19. The third kappa shape index (κ3) is 2.30. The van der Waals surface area contributed by atoms with Gasteiger partial charge < -0.3 is 4.74 Å². The van der Waals surface area contributed by atoms with Gasteiger partial charge in [-0.05, 0) is 35.9 Å². The Hall–Kier alpha value is -2.20. The molecule has 1 aromatic heterocycles. The average Bonchev–Trinajstić information content (AvgIpc) is 2.75. The predicted molar refractivity (Wildman–Crippen MR) is 79.7 cm³/mol. The number of hydrogen-bond acceptors (Lipinski definition) is 2. The largest absolute Gasteiger partial charge is 0.497 e. The number of nitrogens with zero attached hydrogens (tertiary/aromatic N) is 1. The van der Waals surface area contributed by atoms with Crippen LogP contribution >= 0.6 is 11.6 Å². The third-order valence-corrected chi connectivity index (χ3v) is 3.44. The van der Waals surface area contributed by atoms with Gasteiger partial charge in [0.05, 0.1) is 24.6 Å². The van der Waals surface area contributed by atoms with Crippen molar-refractivity contribution in [3.05, 3.63) is 63.4 Å². The van der Waals surface area contributed by atoms with Crippen LogP contribution in [0.25, 0.3) is 10.9 Å². The lowest BCUT2D eigenvalue weighted by Gasteiger charge is -2.06. The van der Waals surface area contributed by atoms with Crippen molar-refractivity contribution in [1.29, 1.82) is 0 Å². The summed E-state index contributed by atoms with van der Waals surface area (Å²) >= 11 is 5.98. The van der Waals surface area contributed by atoms with E-state index >= 15 is 0 Å². The second kappa shape index (κ2) is 5.06. The summed E-state index contributed by atoms with van der Waals surface area (Å²) in [6.45, 7) is 0.561. The van der Waals surface area contributed by atoms with Crippen molar-refractivity contribution in [3.63, 3.8) is 0 Å². The zero-order valence-electron chi connectivity index (χ0n) is 10.9. The Balaban J connectivity index is 2.06. The van der Waals surface area contributed by atoms with Crippen molar-refractivity contribution in [2.45, 2.75) is 6.54 Å². The maximum Gasteiger partial charge on any atom is 0.272 e. The fourth-order valence-corrected chi connectivity index (χ4v) is 2.46. The number of fused-ring (bicyclic) bond motifs is 1. The van der Waals surface area contributed by atoms with E-state index in [-0.39, 0.29) is 5.56 Å². The van der Waals surface area contributed by atoms with Crippen molar-refractivity contribution in [1.82, 2.24) is 9.78 Å². The second-order valence-corrected chi connectivity index (χ2v) is 4.98. The zero-order valence-corrected chi connectivity index (χ0v) is 11.6. The molecule has 0 amide bonds. The van der Waals surface area contributed by atoms with Gasteiger partial charge >= 0.3 is 0 Å². The van der Waals surface area contributed by atoms with Gasteiger partial charge in [0.1, 0.15) is 5.75 Å². The molecule has 0 radical (unpaired) electrons. The smallest absolute Gasteiger partial charge is 0.272 e. The van der Waals surface area contributed by atoms with Gasteiger partial charge in [-0.1, -0.05) is 23.7 Å². The van der Waals surface area contributed by atoms with Crippen LogP contribution in [0.3, 0.4) is 0 Å². The molecule has 102 valence electrons. The molecule has 1 N–H and O–H groups in total. The van der Waals surface area contributed by atoms with E-state index in [2.05, 4.69) is 5.10 Å². The topological polar surface area (TPSA) is 47.0 Å². The van der Waals surface area contributed by atoms with E-state index in [4.69, 9.17) is 16.3 Å². The minimum Gasteiger partial charge on any atom is -0.497 e. The number of aromatic nitrogens is 2. The van der Waals surface area contributed by atoms with Crippen LogP contribution < -0.4 is 10.3 Å². The highest BCUT2D eigenvalue weighted by Gasteiger charge is 2.08. The standard InChI is InChI=1S/C15H13ClN2O2/c1-20-12-5-6-14-13(8-12)15(19)17-18(14)9-10-3-2-4-11(16)7-10/h2-8H,9H2,1H3,(H,17,19). The average molecular weight is 289 g/mol. The Bertz CT molecular complexity index is 820. The zero-order chi connectivity index (χ0) is 14.1. The molecule has 0 aliphatic rings. The fourth-order valence-electron chi connectivity index (χ4n) is 2.24. The van der Waals surface area contributed by atoms with Crippen LogP contribution in [0.2, 0.25) is 5.02 Å². The highest BCUT2D eigenvalue weighted by molar-refractivity contribution is 6.30. The maximum absolute atomic E-state index is 12.0. The molecule has 0 unspecified atom stereocenters. The van der Waals surface area contributed by atoms with Crippen LogP contribution in [0, 0.1) is 0 Å². The minimum atomic E-state index is -0.124. The summed E-state index contributed by atoms with van der Waals surface area (Å²) in [7, 11) is 1.58. The second-order valence-electron chi connectivity index (χ2n) is 4.54. The van der Waals surface area contributed by atoms with Crippen LogP contribution in [-0.4, -0.2) is 16.9 Å². The van der Waals surface area contributed by atoms with Gasteiger partial charge in [-0.15, -0.1) is 0 Å². The van der Waals surface area contributed by atoms with Gasteiger partial charge in [0.15, 0.2) is 0 Å². The van der Waals surface area contributed by atoms with Crippen molar-refractivity contribution < 1.29 is 4.74 Å². The molecule has 1 heterocycles. The number of halogens is 1. The Kier molecular flexibility index (Phi) is 3.24. The Morgan fingerprint density at radius 2 is 2.10 bits per heavy atom. The predicted octanol–water partition coefficient (Wildman–Crippen LogP) is 3.04. The molecule has 3 rings (SSSR count). The molecule has 2 aromatic carbocycles. The van der Waals surface area contributed by atoms with Crippen LogP contribution in [0.15, 0.2) is 47.3 Å². The fraction of sp³-hybridized carbons (Fsp3) is 0.133. The molecule has 0 spiro atoms. The van der Waals surface area contributed by atoms with Gasteiger partial charge in [0.25, 0.3) is 5.56 Å². The molecular weight excluding hydrogens is 276 g/mol. The first-order valence-corrected chi connectivity index (χ1v) is 6.56. The molecule has 5 heteroatoms. The Labute approximate surface area is 120 Å². The van der Waals surface area contributed by atoms with E-state index in [1.54, 1.807) is 13.2 Å². The normalized spacial score (nSPS) is 10.9. The van der Waals surface area contributed by atoms with Crippen molar-refractivity contribution in [2.75, 3.05) is 7.11 Å². The molecule has 20 heavy (non-hydrogen) atoms. The SMILES string of the molecule is COc1ccc2c(c1)c(=O)[nH]n2Cc1cccc(Cl)c1. The van der Waals surface area contributed by atoms with E-state index in [0.717, 1.165) is 11.1 Å². The van der Waals surface area contributed by atoms with Gasteiger partial charge in [-0.3, -0.25) is 14.6 Å². The van der Waals surface area contributed by atoms with Gasteiger partial charge in [0.2, 0.25) is 0 Å². The number of nitrogens with one attached hydrogen (secondary N) is 1. The number of aromatic amines is 1. The van der Waals surface area contributed by atoms with E-state index < -0.39 is 0 Å². The van der Waals surface area contributed by atoms with Crippen LogP contribution in [0.5, 0.6) is 5.75 Å². The lowest BCUT2D eigenvalue weighted by molar-refractivity contribution is 0.415. The monoisotopic (exact) mass is 288 g/mol. The molecule has 0 aliphatic carbocycles. The number of ether oxygens (including phenoxy) is 1. The number of H-pyrrole nitrogens is 1. The van der Waals surface area contributed by atoms with E-state index in [9.17, 15) is 4.79 Å². The number of methoxy groups -OCH3 is 1. The van der Waals surface area contributed by atoms with Crippen LogP contribution in [-0.2, 0) is 6.54 Å². The summed E-state index contributed by atoms with van der Waals surface area (Å²) in [6.07, 6.45) is 0. The first-order chi connectivity index (χ1) is 9.67. The van der Waals surface area contributed by atoms with Gasteiger partial charge in [-0.25, -0.2) is 0 Å². The van der Waals surface area contributed by atoms with Crippen molar-refractivity contribution in [2.24, 2.45) is 0 Å². The molecule has 4 nitrogen and oxygen atoms in total. The first kappa shape index (κ1) is 12.8. The summed E-state index contributed by atoms with van der Waals surface area (Å²) in [6, 6.07) is 13.0. The van der Waals surface area contributed by atoms with E-state index in [1.807, 2.05) is 41.1 Å². The molecule has 0 fully saturated rings. The van der Waals surface area contributed by atoms with Crippen molar-refractivity contribution >= 4 is 22.5 Å². The van der Waals surface area contributed by atoms with Crippen LogP contribution in [0.1, 0.15) is 5.56 Å². The van der Waals surface area contributed by atoms with Crippen LogP contribution in [0.4, 0.5) is 0 Å². The van der Waals surface area contributed by atoms with Gasteiger partial charge in [-0.2, -0.15) is 0 Å². The van der Waals surface area contributed by atoms with E-state index in [1.165, 1.54) is 0 Å². The molecular formula is C15H13ClN2O2. The summed E-state index contributed by atoms with van der Waals surface area (Å²) in [5.41, 5.74) is 1.75. The lowest BCUT2D eigenvalue weighted by atomic mass is 10.2. The number of hydrogen-bond donors (Lipinski definition) is 1. The number of benzene rings is 2. The quantitative estimate of drug-likeness (QED) is 0.805. The summed E-state index contributed by atoms with van der Waals surface area (Å²) < 4.78 is 6.95. The maximum atomic E-state index is 12.0. The Morgan fingerprint density at radius 3 is 2.85 bits per heavy atom. The molecule has 0 bridgehead atoms. The summed E-state index contributed by atoms with van der Waals surface area (Å²) in [4.78, 5) is 12.0. The highest BCUT2D eigenvalue weighted by atomic mass is 35.5. The molecule has 0 aliphatic heterocycles. The molecule has 0 saturated carbocycles. The minimum absolute atomic E-state index is 0.124. The van der Waals surface area contributed by atoms with E-state index in [0.29, 0.717) is 22.7 Å². The summed E-state index contributed by atoms with van der Waals surface area (Å²) in [5, 5.41) is 4.13. The van der Waals surface area contributed by atoms with Crippen molar-refractivity contribution in [3.8, 4) is 5.75 Å². The molecule has 3 aromatic rings. The first-order valence-electron chi connectivity index (χ1n) is 6.18. The number of rotatable bonds is 3. The Morgan fingerprint density at radius 1 is 1.25 bits per heavy atom. The summed E-state index contributed by atoms with van der Waals surface area (Å²) in [5.74, 6) is 0.670.